The largest absolute Gasteiger partial charge is 0.378 e. The standard InChI is InChI=1S/C13H24N2O2/c1-15(10-11-4-2-8-14-11)13(16)7-6-12-5-3-9-17-12/h11-12,14H,2-10H2,1H3. The second kappa shape index (κ2) is 6.36. The molecule has 4 nitrogen and oxygen atoms in total. The monoisotopic (exact) mass is 240 g/mol. The lowest BCUT2D eigenvalue weighted by Gasteiger charge is -2.22. The van der Waals surface area contributed by atoms with E-state index in [0.717, 1.165) is 39.0 Å². The number of rotatable bonds is 5. The molecule has 0 spiro atoms. The Hall–Kier alpha value is -0.610. The van der Waals surface area contributed by atoms with E-state index in [4.69, 9.17) is 4.74 Å². The molecule has 2 aliphatic rings. The van der Waals surface area contributed by atoms with Gasteiger partial charge in [-0.2, -0.15) is 0 Å². The third-order valence-corrected chi connectivity index (χ3v) is 3.79. The summed E-state index contributed by atoms with van der Waals surface area (Å²) in [6, 6.07) is 0.506. The average Bonchev–Trinajstić information content (AvgIpc) is 2.98. The van der Waals surface area contributed by atoms with E-state index >= 15 is 0 Å². The highest BCUT2D eigenvalue weighted by Gasteiger charge is 2.21. The van der Waals surface area contributed by atoms with Gasteiger partial charge in [0.15, 0.2) is 0 Å². The van der Waals surface area contributed by atoms with Crippen molar-refractivity contribution < 1.29 is 9.53 Å². The number of likely N-dealkylation sites (N-methyl/N-ethyl adjacent to an activating group) is 1. The van der Waals surface area contributed by atoms with Crippen LogP contribution in [0.2, 0.25) is 0 Å². The summed E-state index contributed by atoms with van der Waals surface area (Å²) >= 11 is 0. The molecule has 2 heterocycles. The Labute approximate surface area is 104 Å². The van der Waals surface area contributed by atoms with Crippen molar-refractivity contribution in [3.05, 3.63) is 0 Å². The van der Waals surface area contributed by atoms with Gasteiger partial charge in [0.2, 0.25) is 5.91 Å². The van der Waals surface area contributed by atoms with Gasteiger partial charge in [0.25, 0.3) is 0 Å². The number of hydrogen-bond acceptors (Lipinski definition) is 3. The summed E-state index contributed by atoms with van der Waals surface area (Å²) in [6.45, 7) is 2.83. The molecule has 0 radical (unpaired) electrons. The highest BCUT2D eigenvalue weighted by Crippen LogP contribution is 2.17. The van der Waals surface area contributed by atoms with E-state index in [1.165, 1.54) is 12.8 Å². The zero-order valence-electron chi connectivity index (χ0n) is 10.8. The first kappa shape index (κ1) is 12.8. The second-order valence-electron chi connectivity index (χ2n) is 5.24. The molecule has 1 amide bonds. The summed E-state index contributed by atoms with van der Waals surface area (Å²) in [5.41, 5.74) is 0. The van der Waals surface area contributed by atoms with Gasteiger partial charge in [0.1, 0.15) is 0 Å². The maximum Gasteiger partial charge on any atom is 0.222 e. The van der Waals surface area contributed by atoms with Crippen molar-refractivity contribution in [1.82, 2.24) is 10.2 Å². The van der Waals surface area contributed by atoms with Crippen LogP contribution in [0.25, 0.3) is 0 Å². The lowest BCUT2D eigenvalue weighted by atomic mass is 10.1. The van der Waals surface area contributed by atoms with Crippen LogP contribution in [0.1, 0.15) is 38.5 Å². The Morgan fingerprint density at radius 2 is 2.29 bits per heavy atom. The number of carbonyl (C=O) groups is 1. The molecule has 2 saturated heterocycles. The molecule has 2 unspecified atom stereocenters. The minimum atomic E-state index is 0.259. The lowest BCUT2D eigenvalue weighted by Crippen LogP contribution is -2.38. The van der Waals surface area contributed by atoms with Crippen molar-refractivity contribution in [1.29, 1.82) is 0 Å². The Bertz CT molecular complexity index is 246. The molecule has 98 valence electrons. The van der Waals surface area contributed by atoms with Crippen LogP contribution in [0.5, 0.6) is 0 Å². The zero-order chi connectivity index (χ0) is 12.1. The first-order chi connectivity index (χ1) is 8.25. The molecule has 0 aliphatic carbocycles. The van der Waals surface area contributed by atoms with E-state index in [9.17, 15) is 4.79 Å². The van der Waals surface area contributed by atoms with Crippen LogP contribution in [0.3, 0.4) is 0 Å². The number of amides is 1. The summed E-state index contributed by atoms with van der Waals surface area (Å²) in [4.78, 5) is 13.8. The highest BCUT2D eigenvalue weighted by atomic mass is 16.5. The van der Waals surface area contributed by atoms with Crippen LogP contribution in [-0.4, -0.2) is 49.7 Å². The fourth-order valence-corrected chi connectivity index (χ4v) is 2.69. The Morgan fingerprint density at radius 3 is 2.94 bits per heavy atom. The Morgan fingerprint density at radius 1 is 1.41 bits per heavy atom. The molecule has 0 bridgehead atoms. The first-order valence-corrected chi connectivity index (χ1v) is 6.84. The topological polar surface area (TPSA) is 41.6 Å². The van der Waals surface area contributed by atoms with Gasteiger partial charge in [0, 0.05) is 32.7 Å². The fourth-order valence-electron chi connectivity index (χ4n) is 2.69. The van der Waals surface area contributed by atoms with Crippen LogP contribution < -0.4 is 5.32 Å². The Balaban J connectivity index is 1.63. The number of carbonyl (C=O) groups excluding carboxylic acids is 1. The SMILES string of the molecule is CN(CC1CCCN1)C(=O)CCC1CCCO1. The van der Waals surface area contributed by atoms with E-state index in [-0.39, 0.29) is 5.91 Å². The van der Waals surface area contributed by atoms with Crippen LogP contribution in [0.15, 0.2) is 0 Å². The van der Waals surface area contributed by atoms with Crippen LogP contribution in [0.4, 0.5) is 0 Å². The van der Waals surface area contributed by atoms with Gasteiger partial charge in [-0.25, -0.2) is 0 Å². The predicted octanol–water partition coefficient (Wildman–Crippen LogP) is 1.16. The van der Waals surface area contributed by atoms with E-state index in [1.807, 2.05) is 11.9 Å². The fraction of sp³-hybridized carbons (Fsp3) is 0.923. The van der Waals surface area contributed by atoms with E-state index in [1.54, 1.807) is 0 Å². The maximum absolute atomic E-state index is 11.9. The van der Waals surface area contributed by atoms with Crippen LogP contribution >= 0.6 is 0 Å². The van der Waals surface area contributed by atoms with E-state index < -0.39 is 0 Å². The van der Waals surface area contributed by atoms with Crippen molar-refractivity contribution in [3.8, 4) is 0 Å². The van der Waals surface area contributed by atoms with Crippen molar-refractivity contribution in [3.63, 3.8) is 0 Å². The van der Waals surface area contributed by atoms with Gasteiger partial charge in [-0.1, -0.05) is 0 Å². The van der Waals surface area contributed by atoms with Gasteiger partial charge >= 0.3 is 0 Å². The van der Waals surface area contributed by atoms with Gasteiger partial charge in [0.05, 0.1) is 6.10 Å². The molecule has 0 saturated carbocycles. The van der Waals surface area contributed by atoms with Gasteiger partial charge < -0.3 is 15.0 Å². The van der Waals surface area contributed by atoms with Gasteiger partial charge in [-0.3, -0.25) is 4.79 Å². The summed E-state index contributed by atoms with van der Waals surface area (Å²) < 4.78 is 5.53. The molecule has 2 aliphatic heterocycles. The normalized spacial score (nSPS) is 28.5. The third kappa shape index (κ3) is 3.96. The smallest absolute Gasteiger partial charge is 0.222 e. The summed E-state index contributed by atoms with van der Waals surface area (Å²) in [7, 11) is 1.91. The van der Waals surface area contributed by atoms with Crippen molar-refractivity contribution in [2.24, 2.45) is 0 Å². The molecule has 4 heteroatoms. The molecule has 2 rings (SSSR count). The average molecular weight is 240 g/mol. The van der Waals surface area contributed by atoms with Crippen molar-refractivity contribution >= 4 is 5.91 Å². The molecular weight excluding hydrogens is 216 g/mol. The van der Waals surface area contributed by atoms with Gasteiger partial charge in [-0.05, 0) is 38.6 Å². The summed E-state index contributed by atoms with van der Waals surface area (Å²) in [5, 5.41) is 3.42. The molecule has 0 aromatic heterocycles. The van der Waals surface area contributed by atoms with E-state index in [0.29, 0.717) is 18.6 Å². The summed E-state index contributed by atoms with van der Waals surface area (Å²) in [6.07, 6.45) is 6.57. The molecule has 0 aromatic carbocycles. The second-order valence-corrected chi connectivity index (χ2v) is 5.24. The van der Waals surface area contributed by atoms with Gasteiger partial charge in [-0.15, -0.1) is 0 Å². The molecule has 2 atom stereocenters. The quantitative estimate of drug-likeness (QED) is 0.784. The maximum atomic E-state index is 11.9. The first-order valence-electron chi connectivity index (χ1n) is 6.84. The Kier molecular flexibility index (Phi) is 4.80. The molecule has 0 aromatic rings. The number of ether oxygens (including phenoxy) is 1. The summed E-state index contributed by atoms with van der Waals surface area (Å²) in [5.74, 6) is 0.259. The molecular formula is C13H24N2O2. The highest BCUT2D eigenvalue weighted by molar-refractivity contribution is 5.75. The number of nitrogens with zero attached hydrogens (tertiary/aromatic N) is 1. The number of hydrogen-bond donors (Lipinski definition) is 1. The lowest BCUT2D eigenvalue weighted by molar-refractivity contribution is -0.130. The molecule has 17 heavy (non-hydrogen) atoms. The van der Waals surface area contributed by atoms with Crippen molar-refractivity contribution in [2.75, 3.05) is 26.7 Å². The van der Waals surface area contributed by atoms with Crippen LogP contribution in [-0.2, 0) is 9.53 Å². The molecule has 1 N–H and O–H groups in total. The van der Waals surface area contributed by atoms with Crippen LogP contribution in [0, 0.1) is 0 Å². The minimum Gasteiger partial charge on any atom is -0.378 e. The van der Waals surface area contributed by atoms with E-state index in [2.05, 4.69) is 5.32 Å². The minimum absolute atomic E-state index is 0.259. The number of nitrogens with one attached hydrogen (secondary N) is 1. The van der Waals surface area contributed by atoms with Crippen molar-refractivity contribution in [2.45, 2.75) is 50.7 Å². The molecule has 2 fully saturated rings. The predicted molar refractivity (Wildman–Crippen MR) is 66.9 cm³/mol. The third-order valence-electron chi connectivity index (χ3n) is 3.79. The zero-order valence-corrected chi connectivity index (χ0v) is 10.8.